The molecule has 1 amide bonds. The van der Waals surface area contributed by atoms with Crippen molar-refractivity contribution in [1.29, 1.82) is 0 Å². The molecule has 3 aromatic rings. The number of rotatable bonds is 6. The number of fused-ring (bicyclic) bond motifs is 1. The van der Waals surface area contributed by atoms with Crippen LogP contribution in [0, 0.1) is 5.82 Å². The zero-order valence-corrected chi connectivity index (χ0v) is 18.5. The van der Waals surface area contributed by atoms with Crippen LogP contribution in [0.2, 0.25) is 0 Å². The number of halogens is 5. The molecule has 3 rings (SSSR count). The fourth-order valence-corrected chi connectivity index (χ4v) is 3.30. The number of aromatic nitrogens is 2. The van der Waals surface area contributed by atoms with Gasteiger partial charge in [0.15, 0.2) is 0 Å². The Kier molecular flexibility index (Phi) is 7.23. The molecule has 0 saturated heterocycles. The minimum Gasteiger partial charge on any atom is -0.444 e. The second-order valence-corrected chi connectivity index (χ2v) is 8.44. The first-order chi connectivity index (χ1) is 15.9. The zero-order valence-electron chi connectivity index (χ0n) is 18.5. The van der Waals surface area contributed by atoms with Crippen molar-refractivity contribution in [2.45, 2.75) is 45.6 Å². The van der Waals surface area contributed by atoms with E-state index in [9.17, 15) is 31.5 Å². The SMILES string of the molecule is CC(C)(C)OC(=O)NCCc1nc2cccc(F)c2c(=O)n1-c1cc(C(F)F)cc(C(F)F)c1. The van der Waals surface area contributed by atoms with Crippen molar-refractivity contribution in [3.8, 4) is 5.69 Å². The summed E-state index contributed by atoms with van der Waals surface area (Å²) in [6, 6.07) is 6.13. The Morgan fingerprint density at radius 2 is 1.71 bits per heavy atom. The highest BCUT2D eigenvalue weighted by Crippen LogP contribution is 2.29. The maximum Gasteiger partial charge on any atom is 0.407 e. The number of alkyl halides is 4. The van der Waals surface area contributed by atoms with Gasteiger partial charge in [-0.1, -0.05) is 6.07 Å². The fourth-order valence-electron chi connectivity index (χ4n) is 3.30. The summed E-state index contributed by atoms with van der Waals surface area (Å²) in [6.07, 6.45) is -7.02. The average molecular weight is 483 g/mol. The second-order valence-electron chi connectivity index (χ2n) is 8.44. The van der Waals surface area contributed by atoms with Gasteiger partial charge in [0.2, 0.25) is 0 Å². The Bertz CT molecular complexity index is 1240. The second kappa shape index (κ2) is 9.78. The monoisotopic (exact) mass is 483 g/mol. The third-order valence-corrected chi connectivity index (χ3v) is 4.66. The topological polar surface area (TPSA) is 73.2 Å². The molecule has 0 aliphatic heterocycles. The van der Waals surface area contributed by atoms with Gasteiger partial charge in [-0.15, -0.1) is 0 Å². The molecule has 0 radical (unpaired) electrons. The summed E-state index contributed by atoms with van der Waals surface area (Å²) < 4.78 is 73.9. The molecular formula is C23H22F5N3O3. The summed E-state index contributed by atoms with van der Waals surface area (Å²) in [7, 11) is 0. The molecule has 1 N–H and O–H groups in total. The third kappa shape index (κ3) is 5.70. The van der Waals surface area contributed by atoms with Gasteiger partial charge in [-0.3, -0.25) is 9.36 Å². The number of amides is 1. The van der Waals surface area contributed by atoms with E-state index in [0.717, 1.165) is 22.8 Å². The van der Waals surface area contributed by atoms with Crippen LogP contribution in [-0.4, -0.2) is 27.8 Å². The van der Waals surface area contributed by atoms with Crippen LogP contribution in [0.1, 0.15) is 50.6 Å². The first-order valence-electron chi connectivity index (χ1n) is 10.3. The molecule has 182 valence electrons. The van der Waals surface area contributed by atoms with Crippen molar-refractivity contribution >= 4 is 17.0 Å². The van der Waals surface area contributed by atoms with E-state index in [1.807, 2.05) is 0 Å². The van der Waals surface area contributed by atoms with Crippen LogP contribution in [-0.2, 0) is 11.2 Å². The Hall–Kier alpha value is -3.50. The lowest BCUT2D eigenvalue weighted by atomic mass is 10.1. The molecular weight excluding hydrogens is 461 g/mol. The van der Waals surface area contributed by atoms with Gasteiger partial charge in [0.1, 0.15) is 22.6 Å². The van der Waals surface area contributed by atoms with E-state index < -0.39 is 52.4 Å². The van der Waals surface area contributed by atoms with Gasteiger partial charge < -0.3 is 10.1 Å². The maximum atomic E-state index is 14.4. The van der Waals surface area contributed by atoms with E-state index in [0.29, 0.717) is 6.07 Å². The highest BCUT2D eigenvalue weighted by molar-refractivity contribution is 5.78. The van der Waals surface area contributed by atoms with E-state index in [2.05, 4.69) is 10.3 Å². The fraction of sp³-hybridized carbons (Fsp3) is 0.348. The van der Waals surface area contributed by atoms with Gasteiger partial charge in [-0.25, -0.2) is 31.7 Å². The molecule has 0 atom stereocenters. The number of carbonyl (C=O) groups is 1. The van der Waals surface area contributed by atoms with Crippen molar-refractivity contribution in [1.82, 2.24) is 14.9 Å². The lowest BCUT2D eigenvalue weighted by molar-refractivity contribution is 0.0528. The average Bonchev–Trinajstić information content (AvgIpc) is 2.72. The van der Waals surface area contributed by atoms with Crippen molar-refractivity contribution in [2.24, 2.45) is 0 Å². The first kappa shape index (κ1) is 25.1. The summed E-state index contributed by atoms with van der Waals surface area (Å²) in [6.45, 7) is 4.92. The van der Waals surface area contributed by atoms with Crippen molar-refractivity contribution in [3.05, 3.63) is 69.5 Å². The van der Waals surface area contributed by atoms with Crippen molar-refractivity contribution in [3.63, 3.8) is 0 Å². The van der Waals surface area contributed by atoms with Crippen molar-refractivity contribution < 1.29 is 31.5 Å². The minimum absolute atomic E-state index is 0.00684. The van der Waals surface area contributed by atoms with Gasteiger partial charge in [-0.2, -0.15) is 0 Å². The Morgan fingerprint density at radius 3 is 2.26 bits per heavy atom. The molecule has 11 heteroatoms. The van der Waals surface area contributed by atoms with Gasteiger partial charge >= 0.3 is 6.09 Å². The highest BCUT2D eigenvalue weighted by Gasteiger charge is 2.21. The molecule has 0 aliphatic carbocycles. The highest BCUT2D eigenvalue weighted by atomic mass is 19.3. The normalized spacial score (nSPS) is 11.9. The quantitative estimate of drug-likeness (QED) is 0.472. The van der Waals surface area contributed by atoms with Crippen LogP contribution in [0.4, 0.5) is 26.7 Å². The molecule has 0 bridgehead atoms. The van der Waals surface area contributed by atoms with Crippen molar-refractivity contribution in [2.75, 3.05) is 6.54 Å². The van der Waals surface area contributed by atoms with E-state index >= 15 is 0 Å². The Balaban J connectivity index is 2.13. The van der Waals surface area contributed by atoms with Gasteiger partial charge in [-0.05, 0) is 51.1 Å². The smallest absolute Gasteiger partial charge is 0.407 e. The van der Waals surface area contributed by atoms with E-state index in [-0.39, 0.29) is 30.0 Å². The van der Waals surface area contributed by atoms with Gasteiger partial charge in [0.05, 0.1) is 11.2 Å². The standard InChI is InChI=1S/C23H22F5N3O3/c1-23(2,3)34-22(33)29-8-7-17-30-16-6-4-5-15(24)18(16)21(32)31(17)14-10-12(19(25)26)9-13(11-14)20(27)28/h4-6,9-11,19-20H,7-8H2,1-3H3,(H,29,33). The molecule has 34 heavy (non-hydrogen) atoms. The number of alkyl carbamates (subject to hydrolysis) is 1. The maximum absolute atomic E-state index is 14.4. The van der Waals surface area contributed by atoms with Gasteiger partial charge in [0, 0.05) is 24.1 Å². The summed E-state index contributed by atoms with van der Waals surface area (Å²) in [4.78, 5) is 29.4. The Labute approximate surface area is 191 Å². The summed E-state index contributed by atoms with van der Waals surface area (Å²) in [5.41, 5.74) is -3.50. The number of carbonyl (C=O) groups excluding carboxylic acids is 1. The summed E-state index contributed by atoms with van der Waals surface area (Å²) in [5.74, 6) is -0.952. The largest absolute Gasteiger partial charge is 0.444 e. The summed E-state index contributed by atoms with van der Waals surface area (Å²) >= 11 is 0. The van der Waals surface area contributed by atoms with Crippen LogP contribution >= 0.6 is 0 Å². The molecule has 0 aliphatic rings. The van der Waals surface area contributed by atoms with E-state index in [1.165, 1.54) is 12.1 Å². The van der Waals surface area contributed by atoms with Gasteiger partial charge in [0.25, 0.3) is 18.4 Å². The molecule has 1 heterocycles. The van der Waals surface area contributed by atoms with E-state index in [1.54, 1.807) is 20.8 Å². The Morgan fingerprint density at radius 1 is 1.09 bits per heavy atom. The molecule has 6 nitrogen and oxygen atoms in total. The zero-order chi connectivity index (χ0) is 25.2. The third-order valence-electron chi connectivity index (χ3n) is 4.66. The predicted octanol–water partition coefficient (Wildman–Crippen LogP) is 5.47. The molecule has 0 unspecified atom stereocenters. The number of hydrogen-bond donors (Lipinski definition) is 1. The minimum atomic E-state index is -3.09. The lowest BCUT2D eigenvalue weighted by Crippen LogP contribution is -2.34. The number of benzene rings is 2. The van der Waals surface area contributed by atoms with E-state index in [4.69, 9.17) is 4.74 Å². The van der Waals surface area contributed by atoms with Crippen LogP contribution in [0.3, 0.4) is 0 Å². The number of ether oxygens (including phenoxy) is 1. The first-order valence-corrected chi connectivity index (χ1v) is 10.3. The molecule has 0 saturated carbocycles. The molecule has 0 fully saturated rings. The molecule has 1 aromatic heterocycles. The molecule has 0 spiro atoms. The number of nitrogens with zero attached hydrogens (tertiary/aromatic N) is 2. The van der Waals surface area contributed by atoms with Crippen LogP contribution < -0.4 is 10.9 Å². The number of nitrogens with one attached hydrogen (secondary N) is 1. The number of hydrogen-bond acceptors (Lipinski definition) is 4. The molecule has 2 aromatic carbocycles. The summed E-state index contributed by atoms with van der Waals surface area (Å²) in [5, 5.41) is 2.05. The predicted molar refractivity (Wildman–Crippen MR) is 115 cm³/mol. The lowest BCUT2D eigenvalue weighted by Gasteiger charge is -2.20. The van der Waals surface area contributed by atoms with Crippen LogP contribution in [0.15, 0.2) is 41.2 Å². The van der Waals surface area contributed by atoms with Crippen LogP contribution in [0.25, 0.3) is 16.6 Å². The van der Waals surface area contributed by atoms with Crippen LogP contribution in [0.5, 0.6) is 0 Å².